The number of aromatic amines is 1. The first-order chi connectivity index (χ1) is 8.43. The van der Waals surface area contributed by atoms with Gasteiger partial charge in [-0.2, -0.15) is 0 Å². The second kappa shape index (κ2) is 4.81. The number of aromatic nitrogens is 3. The summed E-state index contributed by atoms with van der Waals surface area (Å²) < 4.78 is 25.3. The predicted octanol–water partition coefficient (Wildman–Crippen LogP) is 1.84. The van der Waals surface area contributed by atoms with E-state index in [0.29, 0.717) is 17.0 Å². The number of rotatable bonds is 4. The molecule has 0 bridgehead atoms. The molecule has 0 saturated carbocycles. The summed E-state index contributed by atoms with van der Waals surface area (Å²) >= 11 is 5.19. The maximum absolute atomic E-state index is 11.5. The zero-order chi connectivity index (χ0) is 13.3. The van der Waals surface area contributed by atoms with Crippen molar-refractivity contribution < 1.29 is 8.42 Å². The Morgan fingerprint density at radius 1 is 1.50 bits per heavy atom. The predicted molar refractivity (Wildman–Crippen MR) is 74.0 cm³/mol. The Kier molecular flexibility index (Phi) is 3.54. The van der Waals surface area contributed by atoms with Gasteiger partial charge in [0.1, 0.15) is 0 Å². The van der Waals surface area contributed by atoms with Crippen molar-refractivity contribution in [2.24, 2.45) is 0 Å². The zero-order valence-corrected chi connectivity index (χ0v) is 11.9. The Labute approximate surface area is 111 Å². The molecular formula is C11H15N3O2S2. The third-order valence-corrected chi connectivity index (χ3v) is 4.82. The molecule has 0 aliphatic carbocycles. The van der Waals surface area contributed by atoms with Crippen molar-refractivity contribution in [1.29, 1.82) is 0 Å². The highest BCUT2D eigenvalue weighted by atomic mass is 32.2. The standard InChI is InChI=1S/C11H15N3O2S2/c1-3-18(15,16)5-4-14-10-9(13-11(14)17)6-8(2)7-12-10/h6-7H,3-5H2,1-2H3,(H,13,17). The number of imidazole rings is 1. The maximum Gasteiger partial charge on any atom is 0.179 e. The van der Waals surface area contributed by atoms with Gasteiger partial charge in [0, 0.05) is 18.5 Å². The second-order valence-electron chi connectivity index (χ2n) is 4.20. The summed E-state index contributed by atoms with van der Waals surface area (Å²) in [6, 6.07) is 1.95. The number of hydrogen-bond donors (Lipinski definition) is 1. The molecule has 2 rings (SSSR count). The summed E-state index contributed by atoms with van der Waals surface area (Å²) in [5, 5.41) is 0. The molecule has 0 radical (unpaired) electrons. The molecule has 98 valence electrons. The van der Waals surface area contributed by atoms with E-state index in [2.05, 4.69) is 9.97 Å². The number of aryl methyl sites for hydroxylation is 2. The van der Waals surface area contributed by atoms with E-state index in [1.807, 2.05) is 13.0 Å². The van der Waals surface area contributed by atoms with Crippen molar-refractivity contribution in [2.45, 2.75) is 20.4 Å². The molecule has 18 heavy (non-hydrogen) atoms. The molecule has 0 aliphatic rings. The third kappa shape index (κ3) is 2.62. The molecule has 0 amide bonds. The monoisotopic (exact) mass is 285 g/mol. The number of pyridine rings is 1. The Morgan fingerprint density at radius 2 is 2.22 bits per heavy atom. The number of sulfone groups is 1. The third-order valence-electron chi connectivity index (χ3n) is 2.81. The van der Waals surface area contributed by atoms with Crippen LogP contribution in [0.15, 0.2) is 12.3 Å². The minimum absolute atomic E-state index is 0.0836. The van der Waals surface area contributed by atoms with Gasteiger partial charge in [-0.25, -0.2) is 13.4 Å². The van der Waals surface area contributed by atoms with Gasteiger partial charge in [-0.1, -0.05) is 6.92 Å². The topological polar surface area (TPSA) is 67.8 Å². The van der Waals surface area contributed by atoms with Crippen LogP contribution in [0.1, 0.15) is 12.5 Å². The SMILES string of the molecule is CCS(=O)(=O)CCn1c(=S)[nH]c2cc(C)cnc21. The number of nitrogens with zero attached hydrogens (tertiary/aromatic N) is 2. The van der Waals surface area contributed by atoms with Gasteiger partial charge in [0.05, 0.1) is 11.3 Å². The van der Waals surface area contributed by atoms with Crippen LogP contribution in [0.5, 0.6) is 0 Å². The van der Waals surface area contributed by atoms with E-state index in [4.69, 9.17) is 12.2 Å². The highest BCUT2D eigenvalue weighted by molar-refractivity contribution is 7.91. The van der Waals surface area contributed by atoms with Crippen LogP contribution in [0, 0.1) is 11.7 Å². The quantitative estimate of drug-likeness (QED) is 0.870. The van der Waals surface area contributed by atoms with Crippen LogP contribution in [-0.2, 0) is 16.4 Å². The molecule has 2 heterocycles. The van der Waals surface area contributed by atoms with E-state index in [1.54, 1.807) is 17.7 Å². The minimum Gasteiger partial charge on any atom is -0.329 e. The van der Waals surface area contributed by atoms with Crippen molar-refractivity contribution in [3.63, 3.8) is 0 Å². The fourth-order valence-corrected chi connectivity index (χ4v) is 2.77. The van der Waals surface area contributed by atoms with E-state index in [0.717, 1.165) is 11.1 Å². The number of fused-ring (bicyclic) bond motifs is 1. The largest absolute Gasteiger partial charge is 0.329 e. The molecule has 0 fully saturated rings. The van der Waals surface area contributed by atoms with Crippen LogP contribution in [0.2, 0.25) is 0 Å². The molecule has 0 saturated heterocycles. The van der Waals surface area contributed by atoms with Crippen LogP contribution in [0.4, 0.5) is 0 Å². The lowest BCUT2D eigenvalue weighted by Crippen LogP contribution is -2.14. The Morgan fingerprint density at radius 3 is 2.89 bits per heavy atom. The molecular weight excluding hydrogens is 270 g/mol. The van der Waals surface area contributed by atoms with Crippen LogP contribution in [-0.4, -0.2) is 34.5 Å². The summed E-state index contributed by atoms with van der Waals surface area (Å²) in [6.07, 6.45) is 1.75. The van der Waals surface area contributed by atoms with Crippen LogP contribution < -0.4 is 0 Å². The highest BCUT2D eigenvalue weighted by Gasteiger charge is 2.11. The minimum atomic E-state index is -3.00. The molecule has 0 atom stereocenters. The van der Waals surface area contributed by atoms with Crippen LogP contribution in [0.3, 0.4) is 0 Å². The molecule has 2 aromatic rings. The van der Waals surface area contributed by atoms with Crippen molar-refractivity contribution in [2.75, 3.05) is 11.5 Å². The summed E-state index contributed by atoms with van der Waals surface area (Å²) in [5.41, 5.74) is 2.58. The first-order valence-electron chi connectivity index (χ1n) is 5.68. The molecule has 5 nitrogen and oxygen atoms in total. The van der Waals surface area contributed by atoms with Gasteiger partial charge in [-0.05, 0) is 30.8 Å². The lowest BCUT2D eigenvalue weighted by atomic mass is 10.3. The van der Waals surface area contributed by atoms with E-state index in [9.17, 15) is 8.42 Å². The normalized spacial score (nSPS) is 12.1. The van der Waals surface area contributed by atoms with Crippen LogP contribution >= 0.6 is 12.2 Å². The van der Waals surface area contributed by atoms with Crippen molar-refractivity contribution in [3.8, 4) is 0 Å². The number of H-pyrrole nitrogens is 1. The Bertz CT molecular complexity index is 728. The summed E-state index contributed by atoms with van der Waals surface area (Å²) in [6.45, 7) is 3.93. The summed E-state index contributed by atoms with van der Waals surface area (Å²) in [4.78, 5) is 7.34. The molecule has 0 aliphatic heterocycles. The van der Waals surface area contributed by atoms with E-state index < -0.39 is 9.84 Å². The number of hydrogen-bond acceptors (Lipinski definition) is 4. The zero-order valence-electron chi connectivity index (χ0n) is 10.3. The Hall–Kier alpha value is -1.21. The first-order valence-corrected chi connectivity index (χ1v) is 7.91. The molecule has 0 spiro atoms. The lowest BCUT2D eigenvalue weighted by Gasteiger charge is -2.04. The smallest absolute Gasteiger partial charge is 0.179 e. The second-order valence-corrected chi connectivity index (χ2v) is 7.06. The maximum atomic E-state index is 11.5. The van der Waals surface area contributed by atoms with E-state index in [-0.39, 0.29) is 11.5 Å². The molecule has 2 aromatic heterocycles. The fourth-order valence-electron chi connectivity index (χ4n) is 1.73. The Balaban J connectivity index is 2.40. The fraction of sp³-hybridized carbons (Fsp3) is 0.455. The molecule has 1 N–H and O–H groups in total. The van der Waals surface area contributed by atoms with E-state index >= 15 is 0 Å². The van der Waals surface area contributed by atoms with Gasteiger partial charge in [0.15, 0.2) is 20.3 Å². The molecule has 7 heteroatoms. The van der Waals surface area contributed by atoms with Gasteiger partial charge in [0.25, 0.3) is 0 Å². The van der Waals surface area contributed by atoms with Gasteiger partial charge >= 0.3 is 0 Å². The van der Waals surface area contributed by atoms with Gasteiger partial charge in [0.2, 0.25) is 0 Å². The van der Waals surface area contributed by atoms with Gasteiger partial charge < -0.3 is 9.55 Å². The van der Waals surface area contributed by atoms with Crippen molar-refractivity contribution in [3.05, 3.63) is 22.6 Å². The first kappa shape index (κ1) is 13.2. The molecule has 0 unspecified atom stereocenters. The average Bonchev–Trinajstić information content (AvgIpc) is 2.61. The molecule has 0 aromatic carbocycles. The number of nitrogens with one attached hydrogen (secondary N) is 1. The van der Waals surface area contributed by atoms with Crippen molar-refractivity contribution in [1.82, 2.24) is 14.5 Å². The lowest BCUT2D eigenvalue weighted by molar-refractivity contribution is 0.590. The van der Waals surface area contributed by atoms with Crippen molar-refractivity contribution >= 4 is 33.2 Å². The summed E-state index contributed by atoms with van der Waals surface area (Å²) in [7, 11) is -3.00. The highest BCUT2D eigenvalue weighted by Crippen LogP contribution is 2.13. The van der Waals surface area contributed by atoms with Crippen LogP contribution in [0.25, 0.3) is 11.2 Å². The summed E-state index contributed by atoms with van der Waals surface area (Å²) in [5.74, 6) is 0.232. The van der Waals surface area contributed by atoms with Gasteiger partial charge in [-0.15, -0.1) is 0 Å². The van der Waals surface area contributed by atoms with Gasteiger partial charge in [-0.3, -0.25) is 0 Å². The van der Waals surface area contributed by atoms with E-state index in [1.165, 1.54) is 0 Å². The average molecular weight is 285 g/mol.